The first kappa shape index (κ1) is 16.1. The third-order valence-corrected chi connectivity index (χ3v) is 4.60. The number of rotatable bonds is 4. The second-order valence-electron chi connectivity index (χ2n) is 6.27. The summed E-state index contributed by atoms with van der Waals surface area (Å²) in [5.74, 6) is 0. The molecule has 2 saturated heterocycles. The van der Waals surface area contributed by atoms with E-state index in [2.05, 4.69) is 34.5 Å². The lowest BCUT2D eigenvalue weighted by atomic mass is 10.0. The smallest absolute Gasteiger partial charge is 0.407 e. The van der Waals surface area contributed by atoms with E-state index in [4.69, 9.17) is 9.84 Å². The molecule has 0 atom stereocenters. The van der Waals surface area contributed by atoms with Crippen molar-refractivity contribution in [1.29, 1.82) is 0 Å². The number of ether oxygens (including phenoxy) is 1. The van der Waals surface area contributed by atoms with Crippen molar-refractivity contribution >= 4 is 11.8 Å². The molecule has 1 amide bonds. The lowest BCUT2D eigenvalue weighted by molar-refractivity contribution is 0.0342. The number of likely N-dealkylation sites (tertiary alicyclic amines) is 1. The summed E-state index contributed by atoms with van der Waals surface area (Å²) in [6.45, 7) is 5.86. The standard InChI is InChI=1S/C17H25N3O3/c21-17(22)20-7-5-16(6-8-20)18-15-3-1-14(2-4-15)13-19-9-11-23-12-10-19/h1-4,16,18H,5-13H2,(H,21,22). The molecule has 2 heterocycles. The van der Waals surface area contributed by atoms with E-state index in [0.29, 0.717) is 19.1 Å². The highest BCUT2D eigenvalue weighted by atomic mass is 16.5. The molecule has 6 nitrogen and oxygen atoms in total. The number of amides is 1. The second kappa shape index (κ2) is 7.66. The van der Waals surface area contributed by atoms with Gasteiger partial charge in [-0.3, -0.25) is 4.90 Å². The third kappa shape index (κ3) is 4.59. The Kier molecular flexibility index (Phi) is 5.35. The maximum Gasteiger partial charge on any atom is 0.407 e. The van der Waals surface area contributed by atoms with Gasteiger partial charge in [-0.05, 0) is 30.5 Å². The first-order valence-corrected chi connectivity index (χ1v) is 8.34. The number of carbonyl (C=O) groups is 1. The number of hydrogen-bond acceptors (Lipinski definition) is 4. The molecule has 0 radical (unpaired) electrons. The predicted octanol–water partition coefficient (Wildman–Crippen LogP) is 2.07. The van der Waals surface area contributed by atoms with Crippen LogP contribution in [0.25, 0.3) is 0 Å². The summed E-state index contributed by atoms with van der Waals surface area (Å²) in [6, 6.07) is 8.95. The summed E-state index contributed by atoms with van der Waals surface area (Å²) in [7, 11) is 0. The van der Waals surface area contributed by atoms with Gasteiger partial charge in [-0.15, -0.1) is 0 Å². The van der Waals surface area contributed by atoms with Gasteiger partial charge in [0.15, 0.2) is 0 Å². The first-order chi connectivity index (χ1) is 11.2. The largest absolute Gasteiger partial charge is 0.465 e. The van der Waals surface area contributed by atoms with Crippen LogP contribution in [0.1, 0.15) is 18.4 Å². The van der Waals surface area contributed by atoms with Crippen LogP contribution in [-0.2, 0) is 11.3 Å². The second-order valence-corrected chi connectivity index (χ2v) is 6.27. The highest BCUT2D eigenvalue weighted by Crippen LogP contribution is 2.18. The molecule has 0 bridgehead atoms. The van der Waals surface area contributed by atoms with Crippen LogP contribution in [0, 0.1) is 0 Å². The highest BCUT2D eigenvalue weighted by molar-refractivity contribution is 5.65. The number of nitrogens with one attached hydrogen (secondary N) is 1. The van der Waals surface area contributed by atoms with Crippen LogP contribution in [0.4, 0.5) is 10.5 Å². The Morgan fingerprint density at radius 3 is 2.39 bits per heavy atom. The van der Waals surface area contributed by atoms with Gasteiger partial charge in [0, 0.05) is 44.5 Å². The zero-order chi connectivity index (χ0) is 16.1. The van der Waals surface area contributed by atoms with Gasteiger partial charge in [0.25, 0.3) is 0 Å². The van der Waals surface area contributed by atoms with E-state index >= 15 is 0 Å². The topological polar surface area (TPSA) is 65.0 Å². The molecule has 6 heteroatoms. The minimum absolute atomic E-state index is 0.357. The first-order valence-electron chi connectivity index (χ1n) is 8.34. The van der Waals surface area contributed by atoms with Gasteiger partial charge in [0.2, 0.25) is 0 Å². The van der Waals surface area contributed by atoms with Crippen molar-refractivity contribution in [3.8, 4) is 0 Å². The summed E-state index contributed by atoms with van der Waals surface area (Å²) in [6.07, 6.45) is 0.917. The van der Waals surface area contributed by atoms with E-state index in [1.165, 1.54) is 10.5 Å². The zero-order valence-electron chi connectivity index (χ0n) is 13.4. The fraction of sp³-hybridized carbons (Fsp3) is 0.588. The number of morpholine rings is 1. The van der Waals surface area contributed by atoms with Crippen LogP contribution < -0.4 is 5.32 Å². The maximum atomic E-state index is 10.9. The minimum atomic E-state index is -0.809. The number of benzene rings is 1. The van der Waals surface area contributed by atoms with Gasteiger partial charge < -0.3 is 20.1 Å². The fourth-order valence-electron chi connectivity index (χ4n) is 3.17. The van der Waals surface area contributed by atoms with E-state index in [1.54, 1.807) is 0 Å². The number of hydrogen-bond donors (Lipinski definition) is 2. The van der Waals surface area contributed by atoms with Crippen LogP contribution >= 0.6 is 0 Å². The molecule has 126 valence electrons. The summed E-state index contributed by atoms with van der Waals surface area (Å²) < 4.78 is 5.37. The Labute approximate surface area is 137 Å². The maximum absolute atomic E-state index is 10.9. The lowest BCUT2D eigenvalue weighted by Gasteiger charge is -2.31. The molecule has 0 aromatic heterocycles. The minimum Gasteiger partial charge on any atom is -0.465 e. The summed E-state index contributed by atoms with van der Waals surface area (Å²) in [5.41, 5.74) is 2.43. The average molecular weight is 319 g/mol. The van der Waals surface area contributed by atoms with Crippen molar-refractivity contribution in [1.82, 2.24) is 9.80 Å². The number of carboxylic acid groups (broad SMARTS) is 1. The molecule has 2 N–H and O–H groups in total. The number of nitrogens with zero attached hydrogens (tertiary/aromatic N) is 2. The molecule has 2 fully saturated rings. The molecule has 0 unspecified atom stereocenters. The van der Waals surface area contributed by atoms with Gasteiger partial charge in [-0.2, -0.15) is 0 Å². The molecule has 2 aliphatic rings. The summed E-state index contributed by atoms with van der Waals surface area (Å²) in [4.78, 5) is 14.8. The predicted molar refractivity (Wildman–Crippen MR) is 88.8 cm³/mol. The summed E-state index contributed by atoms with van der Waals surface area (Å²) in [5, 5.41) is 12.5. The quantitative estimate of drug-likeness (QED) is 0.889. The molecule has 0 aliphatic carbocycles. The fourth-order valence-corrected chi connectivity index (χ4v) is 3.17. The Bertz CT molecular complexity index is 506. The molecule has 23 heavy (non-hydrogen) atoms. The molecule has 1 aromatic carbocycles. The molecule has 3 rings (SSSR count). The normalized spacial score (nSPS) is 20.4. The van der Waals surface area contributed by atoms with E-state index in [-0.39, 0.29) is 0 Å². The van der Waals surface area contributed by atoms with Crippen molar-refractivity contribution in [2.75, 3.05) is 44.7 Å². The van der Waals surface area contributed by atoms with Crippen LogP contribution in [0.3, 0.4) is 0 Å². The number of anilines is 1. The number of piperidine rings is 1. The third-order valence-electron chi connectivity index (χ3n) is 4.60. The van der Waals surface area contributed by atoms with Crippen LogP contribution in [0.2, 0.25) is 0 Å². The lowest BCUT2D eigenvalue weighted by Crippen LogP contribution is -2.41. The van der Waals surface area contributed by atoms with E-state index < -0.39 is 6.09 Å². The van der Waals surface area contributed by atoms with Crippen molar-refractivity contribution in [3.05, 3.63) is 29.8 Å². The molecule has 0 saturated carbocycles. The van der Waals surface area contributed by atoms with Crippen LogP contribution in [0.15, 0.2) is 24.3 Å². The van der Waals surface area contributed by atoms with Gasteiger partial charge in [-0.1, -0.05) is 12.1 Å². The van der Waals surface area contributed by atoms with Gasteiger partial charge in [-0.25, -0.2) is 4.79 Å². The van der Waals surface area contributed by atoms with Crippen molar-refractivity contribution in [2.45, 2.75) is 25.4 Å². The molecule has 0 spiro atoms. The average Bonchev–Trinajstić information content (AvgIpc) is 2.58. The molecule has 1 aromatic rings. The van der Waals surface area contributed by atoms with Gasteiger partial charge in [0.1, 0.15) is 0 Å². The van der Waals surface area contributed by atoms with Crippen molar-refractivity contribution in [2.24, 2.45) is 0 Å². The Morgan fingerprint density at radius 2 is 1.78 bits per heavy atom. The molecular formula is C17H25N3O3. The van der Waals surface area contributed by atoms with E-state index in [9.17, 15) is 4.79 Å². The Hall–Kier alpha value is -1.79. The van der Waals surface area contributed by atoms with Crippen molar-refractivity contribution < 1.29 is 14.6 Å². The van der Waals surface area contributed by atoms with Gasteiger partial charge in [0.05, 0.1) is 13.2 Å². The summed E-state index contributed by atoms with van der Waals surface area (Å²) >= 11 is 0. The monoisotopic (exact) mass is 319 g/mol. The van der Waals surface area contributed by atoms with Crippen LogP contribution in [0.5, 0.6) is 0 Å². The highest BCUT2D eigenvalue weighted by Gasteiger charge is 2.21. The SMILES string of the molecule is O=C(O)N1CCC(Nc2ccc(CN3CCOCC3)cc2)CC1. The molecule has 2 aliphatic heterocycles. The van der Waals surface area contributed by atoms with Gasteiger partial charge >= 0.3 is 6.09 Å². The van der Waals surface area contributed by atoms with E-state index in [1.807, 2.05) is 0 Å². The van der Waals surface area contributed by atoms with Crippen LogP contribution in [-0.4, -0.2) is 66.4 Å². The molecular weight excluding hydrogens is 294 g/mol. The Morgan fingerprint density at radius 1 is 1.13 bits per heavy atom. The Balaban J connectivity index is 1.47. The van der Waals surface area contributed by atoms with Crippen molar-refractivity contribution in [3.63, 3.8) is 0 Å². The van der Waals surface area contributed by atoms with E-state index in [0.717, 1.165) is 51.4 Å². The zero-order valence-corrected chi connectivity index (χ0v) is 13.4.